The van der Waals surface area contributed by atoms with Crippen LogP contribution in [0.3, 0.4) is 0 Å². The third-order valence-corrected chi connectivity index (χ3v) is 4.27. The van der Waals surface area contributed by atoms with Crippen LogP contribution in [0.4, 0.5) is 0 Å². The first kappa shape index (κ1) is 11.9. The first-order valence-electron chi connectivity index (χ1n) is 4.97. The van der Waals surface area contributed by atoms with E-state index in [0.717, 1.165) is 6.42 Å². The van der Waals surface area contributed by atoms with Gasteiger partial charge in [0.1, 0.15) is 0 Å². The molecule has 6 heteroatoms. The molecule has 1 rings (SSSR count). The highest BCUT2D eigenvalue weighted by Crippen LogP contribution is 2.16. The fourth-order valence-corrected chi connectivity index (χ4v) is 2.94. The van der Waals surface area contributed by atoms with Crippen molar-refractivity contribution in [2.75, 3.05) is 19.6 Å². The second kappa shape index (κ2) is 4.57. The molecule has 3 N–H and O–H groups in total. The maximum Gasteiger partial charge on any atom is 0.279 e. The Bertz CT molecular complexity index is 278. The van der Waals surface area contributed by atoms with Crippen molar-refractivity contribution in [1.82, 2.24) is 9.03 Å². The van der Waals surface area contributed by atoms with Crippen molar-refractivity contribution in [3.63, 3.8) is 0 Å². The van der Waals surface area contributed by atoms with E-state index >= 15 is 0 Å². The van der Waals surface area contributed by atoms with Crippen molar-refractivity contribution in [2.45, 2.75) is 26.3 Å². The summed E-state index contributed by atoms with van der Waals surface area (Å²) in [5.41, 5.74) is 5.82. The molecular weight excluding hydrogens is 202 g/mol. The Labute approximate surface area is 85.8 Å². The van der Waals surface area contributed by atoms with Gasteiger partial charge in [-0.2, -0.15) is 12.7 Å². The standard InChI is InChI=1S/C8H19N3O2S/c1-3-10-14(12,13)11-5-4-8(9)7(2)6-11/h7-8,10H,3-6,9H2,1-2H3. The summed E-state index contributed by atoms with van der Waals surface area (Å²) in [6.45, 7) is 5.24. The van der Waals surface area contributed by atoms with E-state index in [1.54, 1.807) is 6.92 Å². The molecule has 0 radical (unpaired) electrons. The SMILES string of the molecule is CCNS(=O)(=O)N1CCC(N)C(C)C1. The minimum atomic E-state index is -3.26. The summed E-state index contributed by atoms with van der Waals surface area (Å²) in [5, 5.41) is 0. The molecule has 5 nitrogen and oxygen atoms in total. The molecule has 1 saturated heterocycles. The maximum absolute atomic E-state index is 11.6. The fraction of sp³-hybridized carbons (Fsp3) is 1.00. The number of piperidine rings is 1. The van der Waals surface area contributed by atoms with Crippen LogP contribution in [0.2, 0.25) is 0 Å². The van der Waals surface area contributed by atoms with Gasteiger partial charge in [0.15, 0.2) is 0 Å². The zero-order chi connectivity index (χ0) is 10.8. The highest BCUT2D eigenvalue weighted by Gasteiger charge is 2.30. The number of nitrogens with one attached hydrogen (secondary N) is 1. The van der Waals surface area contributed by atoms with Gasteiger partial charge in [-0.05, 0) is 12.3 Å². The number of hydrogen-bond donors (Lipinski definition) is 2. The van der Waals surface area contributed by atoms with Gasteiger partial charge in [0.25, 0.3) is 10.2 Å². The molecule has 0 amide bonds. The lowest BCUT2D eigenvalue weighted by Gasteiger charge is -2.33. The Kier molecular flexibility index (Phi) is 3.88. The summed E-state index contributed by atoms with van der Waals surface area (Å²) in [7, 11) is -3.26. The van der Waals surface area contributed by atoms with Crippen LogP contribution in [-0.4, -0.2) is 38.4 Å². The van der Waals surface area contributed by atoms with E-state index in [4.69, 9.17) is 5.73 Å². The fourth-order valence-electron chi connectivity index (χ4n) is 1.62. The highest BCUT2D eigenvalue weighted by atomic mass is 32.2. The van der Waals surface area contributed by atoms with Gasteiger partial charge in [0.2, 0.25) is 0 Å². The zero-order valence-electron chi connectivity index (χ0n) is 8.73. The van der Waals surface area contributed by atoms with E-state index < -0.39 is 10.2 Å². The van der Waals surface area contributed by atoms with Crippen molar-refractivity contribution in [3.05, 3.63) is 0 Å². The van der Waals surface area contributed by atoms with Crippen LogP contribution in [0.1, 0.15) is 20.3 Å². The minimum absolute atomic E-state index is 0.128. The monoisotopic (exact) mass is 221 g/mol. The molecule has 14 heavy (non-hydrogen) atoms. The van der Waals surface area contributed by atoms with E-state index in [1.165, 1.54) is 4.31 Å². The molecule has 0 spiro atoms. The molecule has 0 aromatic rings. The van der Waals surface area contributed by atoms with E-state index in [9.17, 15) is 8.42 Å². The van der Waals surface area contributed by atoms with Gasteiger partial charge < -0.3 is 5.73 Å². The van der Waals surface area contributed by atoms with E-state index in [-0.39, 0.29) is 12.0 Å². The van der Waals surface area contributed by atoms with Gasteiger partial charge in [-0.15, -0.1) is 0 Å². The normalized spacial score (nSPS) is 30.5. The molecule has 0 saturated carbocycles. The van der Waals surface area contributed by atoms with Crippen LogP contribution in [0, 0.1) is 5.92 Å². The molecule has 84 valence electrons. The number of hydrogen-bond acceptors (Lipinski definition) is 3. The van der Waals surface area contributed by atoms with Gasteiger partial charge in [0.05, 0.1) is 0 Å². The largest absolute Gasteiger partial charge is 0.327 e. The Balaban J connectivity index is 2.63. The Morgan fingerprint density at radius 3 is 2.71 bits per heavy atom. The second-order valence-electron chi connectivity index (χ2n) is 3.79. The van der Waals surface area contributed by atoms with Crippen molar-refractivity contribution in [3.8, 4) is 0 Å². The van der Waals surface area contributed by atoms with Crippen LogP contribution in [0.5, 0.6) is 0 Å². The Morgan fingerprint density at radius 1 is 1.57 bits per heavy atom. The molecular formula is C8H19N3O2S. The second-order valence-corrected chi connectivity index (χ2v) is 5.55. The summed E-state index contributed by atoms with van der Waals surface area (Å²) in [6.07, 6.45) is 0.742. The highest BCUT2D eigenvalue weighted by molar-refractivity contribution is 7.87. The van der Waals surface area contributed by atoms with Crippen molar-refractivity contribution in [1.29, 1.82) is 0 Å². The van der Waals surface area contributed by atoms with Crippen LogP contribution in [0.15, 0.2) is 0 Å². The quantitative estimate of drug-likeness (QED) is 0.675. The van der Waals surface area contributed by atoms with Crippen molar-refractivity contribution < 1.29 is 8.42 Å². The Morgan fingerprint density at radius 2 is 2.21 bits per heavy atom. The maximum atomic E-state index is 11.6. The summed E-state index contributed by atoms with van der Waals surface area (Å²) in [4.78, 5) is 0. The summed E-state index contributed by atoms with van der Waals surface area (Å²) in [5.74, 6) is 0.234. The van der Waals surface area contributed by atoms with E-state index in [0.29, 0.717) is 19.6 Å². The van der Waals surface area contributed by atoms with Crippen molar-refractivity contribution >= 4 is 10.2 Å². The molecule has 0 aliphatic carbocycles. The third kappa shape index (κ3) is 2.66. The van der Waals surface area contributed by atoms with Gasteiger partial charge >= 0.3 is 0 Å². The van der Waals surface area contributed by atoms with Crippen LogP contribution in [0.25, 0.3) is 0 Å². The summed E-state index contributed by atoms with van der Waals surface area (Å²) >= 11 is 0. The summed E-state index contributed by atoms with van der Waals surface area (Å²) in [6, 6.07) is 0.128. The predicted molar refractivity (Wildman–Crippen MR) is 55.9 cm³/mol. The van der Waals surface area contributed by atoms with Gasteiger partial charge in [-0.1, -0.05) is 13.8 Å². The molecule has 2 atom stereocenters. The van der Waals surface area contributed by atoms with Crippen LogP contribution < -0.4 is 10.5 Å². The van der Waals surface area contributed by atoms with E-state index in [2.05, 4.69) is 4.72 Å². The average Bonchev–Trinajstić information content (AvgIpc) is 2.09. The predicted octanol–water partition coefficient (Wildman–Crippen LogP) is -0.490. The van der Waals surface area contributed by atoms with Crippen molar-refractivity contribution in [2.24, 2.45) is 11.7 Å². The number of nitrogens with zero attached hydrogens (tertiary/aromatic N) is 1. The van der Waals surface area contributed by atoms with E-state index in [1.807, 2.05) is 6.92 Å². The van der Waals surface area contributed by atoms with Crippen LogP contribution >= 0.6 is 0 Å². The van der Waals surface area contributed by atoms with Crippen LogP contribution in [-0.2, 0) is 10.2 Å². The molecule has 1 aliphatic rings. The lowest BCUT2D eigenvalue weighted by Crippen LogP contribution is -2.51. The minimum Gasteiger partial charge on any atom is -0.327 e. The Hall–Kier alpha value is -0.170. The topological polar surface area (TPSA) is 75.4 Å². The lowest BCUT2D eigenvalue weighted by atomic mass is 9.96. The average molecular weight is 221 g/mol. The zero-order valence-corrected chi connectivity index (χ0v) is 9.55. The molecule has 2 unspecified atom stereocenters. The number of rotatable bonds is 3. The molecule has 1 fully saturated rings. The van der Waals surface area contributed by atoms with Gasteiger partial charge in [0, 0.05) is 25.7 Å². The van der Waals surface area contributed by atoms with Gasteiger partial charge in [-0.3, -0.25) is 0 Å². The third-order valence-electron chi connectivity index (χ3n) is 2.60. The molecule has 1 aliphatic heterocycles. The van der Waals surface area contributed by atoms with Gasteiger partial charge in [-0.25, -0.2) is 4.72 Å². The molecule has 0 aromatic carbocycles. The lowest BCUT2D eigenvalue weighted by molar-refractivity contribution is 0.248. The smallest absolute Gasteiger partial charge is 0.279 e. The first-order valence-corrected chi connectivity index (χ1v) is 6.41. The molecule has 1 heterocycles. The summed E-state index contributed by atoms with van der Waals surface area (Å²) < 4.78 is 27.2. The molecule has 0 aromatic heterocycles. The first-order chi connectivity index (χ1) is 6.47. The molecule has 0 bridgehead atoms. The number of nitrogens with two attached hydrogens (primary N) is 1.